The van der Waals surface area contributed by atoms with Gasteiger partial charge in [-0.15, -0.1) is 0 Å². The van der Waals surface area contributed by atoms with Crippen molar-refractivity contribution in [1.82, 2.24) is 18.7 Å². The number of halogens is 1. The van der Waals surface area contributed by atoms with E-state index in [1.807, 2.05) is 24.3 Å². The number of imidazole rings is 1. The van der Waals surface area contributed by atoms with Gasteiger partial charge in [-0.05, 0) is 24.5 Å². The van der Waals surface area contributed by atoms with E-state index in [-0.39, 0.29) is 17.6 Å². The molecular formula is C20H25ClN6O2. The zero-order chi connectivity index (χ0) is 20.7. The average molecular weight is 417 g/mol. The lowest BCUT2D eigenvalue weighted by Crippen LogP contribution is -2.43. The summed E-state index contributed by atoms with van der Waals surface area (Å²) < 4.78 is 4.30. The highest BCUT2D eigenvalue weighted by Crippen LogP contribution is 2.25. The smallest absolute Gasteiger partial charge is 0.332 e. The first-order valence-electron chi connectivity index (χ1n) is 9.80. The monoisotopic (exact) mass is 416 g/mol. The molecule has 4 rings (SSSR count). The number of nitrogens with two attached hydrogens (primary N) is 1. The van der Waals surface area contributed by atoms with E-state index in [1.165, 1.54) is 11.6 Å². The van der Waals surface area contributed by atoms with Crippen LogP contribution in [0, 0.1) is 0 Å². The molecule has 2 atom stereocenters. The first-order chi connectivity index (χ1) is 13.9. The van der Waals surface area contributed by atoms with E-state index in [9.17, 15) is 9.59 Å². The number of nitrogens with zero attached hydrogens (tertiary/aromatic N) is 4. The number of rotatable bonds is 4. The summed E-state index contributed by atoms with van der Waals surface area (Å²) in [7, 11) is 3.09. The minimum Gasteiger partial charge on any atom is -0.351 e. The van der Waals surface area contributed by atoms with Gasteiger partial charge in [0, 0.05) is 31.2 Å². The van der Waals surface area contributed by atoms with Crippen molar-refractivity contribution in [3.05, 3.63) is 55.7 Å². The Morgan fingerprint density at radius 2 is 1.90 bits per heavy atom. The van der Waals surface area contributed by atoms with E-state index >= 15 is 0 Å². The van der Waals surface area contributed by atoms with Gasteiger partial charge in [0.1, 0.15) is 0 Å². The molecule has 0 spiro atoms. The van der Waals surface area contributed by atoms with Crippen LogP contribution < -0.4 is 22.3 Å². The number of aryl methyl sites for hydroxylation is 1. The third-order valence-electron chi connectivity index (χ3n) is 5.77. The van der Waals surface area contributed by atoms with Gasteiger partial charge in [0.25, 0.3) is 5.56 Å². The second-order valence-corrected chi connectivity index (χ2v) is 8.10. The van der Waals surface area contributed by atoms with Gasteiger partial charge in [-0.3, -0.25) is 18.5 Å². The van der Waals surface area contributed by atoms with E-state index in [2.05, 4.69) is 10.3 Å². The van der Waals surface area contributed by atoms with Crippen LogP contribution >= 0.6 is 11.6 Å². The molecule has 3 N–H and O–H groups in total. The maximum atomic E-state index is 13.0. The Bertz CT molecular complexity index is 1180. The fourth-order valence-corrected chi connectivity index (χ4v) is 4.21. The predicted octanol–water partition coefficient (Wildman–Crippen LogP) is 1.82. The topological polar surface area (TPSA) is 99.9 Å². The summed E-state index contributed by atoms with van der Waals surface area (Å²) in [5.41, 5.74) is 7.09. The summed E-state index contributed by atoms with van der Waals surface area (Å²) in [6.45, 7) is 0.355. The van der Waals surface area contributed by atoms with Crippen molar-refractivity contribution in [2.24, 2.45) is 19.8 Å². The first-order valence-corrected chi connectivity index (χ1v) is 10.2. The van der Waals surface area contributed by atoms with Gasteiger partial charge in [0.15, 0.2) is 11.2 Å². The van der Waals surface area contributed by atoms with Crippen LogP contribution in [0.3, 0.4) is 0 Å². The Labute approximate surface area is 172 Å². The second kappa shape index (κ2) is 7.68. The zero-order valence-electron chi connectivity index (χ0n) is 16.6. The van der Waals surface area contributed by atoms with Crippen LogP contribution in [0.4, 0.5) is 5.95 Å². The van der Waals surface area contributed by atoms with Crippen molar-refractivity contribution in [2.45, 2.75) is 44.3 Å². The van der Waals surface area contributed by atoms with E-state index in [4.69, 9.17) is 17.3 Å². The van der Waals surface area contributed by atoms with E-state index in [1.54, 1.807) is 11.6 Å². The fourth-order valence-electron chi connectivity index (χ4n) is 4.01. The van der Waals surface area contributed by atoms with Gasteiger partial charge in [-0.2, -0.15) is 4.98 Å². The molecule has 0 radical (unpaired) electrons. The standard InChI is InChI=1S/C20H25ClN6O2/c1-25-17-16(18(28)26(2)20(25)29)27(11-12-7-3-4-8-13(12)21)19(24-17)23-15-10-6-5-9-14(15)22/h3-4,7-8,14-15H,5-6,9-11,22H2,1-2H3,(H,23,24). The number of benzene rings is 1. The minimum atomic E-state index is -0.411. The van der Waals surface area contributed by atoms with Crippen molar-refractivity contribution in [2.75, 3.05) is 5.32 Å². The summed E-state index contributed by atoms with van der Waals surface area (Å²) in [6, 6.07) is 7.57. The Balaban J connectivity index is 1.90. The Morgan fingerprint density at radius 3 is 2.62 bits per heavy atom. The molecule has 9 heteroatoms. The Kier molecular flexibility index (Phi) is 5.23. The molecule has 1 fully saturated rings. The van der Waals surface area contributed by atoms with Gasteiger partial charge >= 0.3 is 5.69 Å². The first kappa shape index (κ1) is 19.7. The second-order valence-electron chi connectivity index (χ2n) is 7.69. The van der Waals surface area contributed by atoms with E-state index in [0.29, 0.717) is 28.7 Å². The SMILES string of the molecule is Cn1c(=O)c2c(nc(NC3CCCCC3N)n2Cc2ccccc2Cl)n(C)c1=O. The molecule has 3 aromatic rings. The number of fused-ring (bicyclic) bond motifs is 1. The average Bonchev–Trinajstić information content (AvgIpc) is 3.06. The lowest BCUT2D eigenvalue weighted by Gasteiger charge is -2.29. The molecule has 154 valence electrons. The number of aromatic nitrogens is 4. The normalized spacial score (nSPS) is 19.6. The van der Waals surface area contributed by atoms with Gasteiger partial charge in [-0.25, -0.2) is 4.79 Å². The predicted molar refractivity (Wildman–Crippen MR) is 115 cm³/mol. The molecule has 1 saturated carbocycles. The van der Waals surface area contributed by atoms with Crippen molar-refractivity contribution in [1.29, 1.82) is 0 Å². The lowest BCUT2D eigenvalue weighted by atomic mass is 9.91. The van der Waals surface area contributed by atoms with Crippen LogP contribution in [0.2, 0.25) is 5.02 Å². The molecule has 0 bridgehead atoms. The van der Waals surface area contributed by atoms with Crippen molar-refractivity contribution < 1.29 is 0 Å². The summed E-state index contributed by atoms with van der Waals surface area (Å²) in [5, 5.41) is 4.05. The van der Waals surface area contributed by atoms with Crippen LogP contribution in [0.5, 0.6) is 0 Å². The minimum absolute atomic E-state index is 0.0176. The maximum absolute atomic E-state index is 13.0. The summed E-state index contributed by atoms with van der Waals surface area (Å²) >= 11 is 6.37. The van der Waals surface area contributed by atoms with E-state index in [0.717, 1.165) is 35.8 Å². The Morgan fingerprint density at radius 1 is 1.17 bits per heavy atom. The molecule has 0 aliphatic heterocycles. The number of nitrogens with one attached hydrogen (secondary N) is 1. The molecule has 0 amide bonds. The molecule has 2 heterocycles. The van der Waals surface area contributed by atoms with Crippen LogP contribution in [-0.2, 0) is 20.6 Å². The number of anilines is 1. The van der Waals surface area contributed by atoms with Crippen LogP contribution in [-0.4, -0.2) is 30.8 Å². The molecule has 29 heavy (non-hydrogen) atoms. The van der Waals surface area contributed by atoms with Crippen molar-refractivity contribution in [3.63, 3.8) is 0 Å². The third kappa shape index (κ3) is 3.47. The maximum Gasteiger partial charge on any atom is 0.332 e. The van der Waals surface area contributed by atoms with Gasteiger partial charge in [0.05, 0.1) is 6.54 Å². The van der Waals surface area contributed by atoms with Crippen molar-refractivity contribution >= 4 is 28.7 Å². The lowest BCUT2D eigenvalue weighted by molar-refractivity contribution is 0.401. The zero-order valence-corrected chi connectivity index (χ0v) is 17.3. The quantitative estimate of drug-likeness (QED) is 0.675. The molecule has 2 unspecified atom stereocenters. The number of hydrogen-bond donors (Lipinski definition) is 2. The highest BCUT2D eigenvalue weighted by molar-refractivity contribution is 6.31. The van der Waals surface area contributed by atoms with Gasteiger partial charge < -0.3 is 11.1 Å². The summed E-state index contributed by atoms with van der Waals surface area (Å²) in [4.78, 5) is 30.0. The van der Waals surface area contributed by atoms with E-state index < -0.39 is 5.69 Å². The molecular weight excluding hydrogens is 392 g/mol. The summed E-state index contributed by atoms with van der Waals surface area (Å²) in [5.74, 6) is 0.528. The molecule has 1 aromatic carbocycles. The van der Waals surface area contributed by atoms with Crippen LogP contribution in [0.25, 0.3) is 11.2 Å². The largest absolute Gasteiger partial charge is 0.351 e. The summed E-state index contributed by atoms with van der Waals surface area (Å²) in [6.07, 6.45) is 4.09. The number of hydrogen-bond acceptors (Lipinski definition) is 5. The van der Waals surface area contributed by atoms with Gasteiger partial charge in [-0.1, -0.05) is 42.6 Å². The van der Waals surface area contributed by atoms with Crippen LogP contribution in [0.15, 0.2) is 33.9 Å². The van der Waals surface area contributed by atoms with Crippen molar-refractivity contribution in [3.8, 4) is 0 Å². The molecule has 0 saturated heterocycles. The molecule has 1 aliphatic rings. The Hall–Kier alpha value is -2.58. The van der Waals surface area contributed by atoms with Gasteiger partial charge in [0.2, 0.25) is 5.95 Å². The van der Waals surface area contributed by atoms with Crippen LogP contribution in [0.1, 0.15) is 31.2 Å². The highest BCUT2D eigenvalue weighted by atomic mass is 35.5. The molecule has 2 aromatic heterocycles. The fraction of sp³-hybridized carbons (Fsp3) is 0.450. The molecule has 1 aliphatic carbocycles. The third-order valence-corrected chi connectivity index (χ3v) is 6.14. The highest BCUT2D eigenvalue weighted by Gasteiger charge is 2.26. The molecule has 8 nitrogen and oxygen atoms in total.